The number of halogens is 1. The molecule has 0 spiro atoms. The first-order valence-corrected chi connectivity index (χ1v) is 6.82. The molecule has 0 aliphatic rings. The molecule has 0 saturated heterocycles. The van der Waals surface area contributed by atoms with Gasteiger partial charge in [0.25, 0.3) is 0 Å². The molecular formula is C15H17BrN2. The summed E-state index contributed by atoms with van der Waals surface area (Å²) in [7, 11) is 2.00. The molecule has 1 N–H and O–H groups in total. The van der Waals surface area contributed by atoms with Gasteiger partial charge in [0, 0.05) is 22.4 Å². The highest BCUT2D eigenvalue weighted by Crippen LogP contribution is 2.19. The summed E-state index contributed by atoms with van der Waals surface area (Å²) in [5.41, 5.74) is 3.67. The summed E-state index contributed by atoms with van der Waals surface area (Å²) >= 11 is 3.46. The Morgan fingerprint density at radius 2 is 1.94 bits per heavy atom. The standard InChI is InChI=1S/C15H17BrN2/c1-11-9-13(7-8-18-11)15(17-2)10-12-3-5-14(16)6-4-12/h3-9,15,17H,10H2,1-2H3. The lowest BCUT2D eigenvalue weighted by Crippen LogP contribution is -2.19. The SMILES string of the molecule is CNC(Cc1ccc(Br)cc1)c1ccnc(C)c1. The van der Waals surface area contributed by atoms with E-state index >= 15 is 0 Å². The van der Waals surface area contributed by atoms with Crippen molar-refractivity contribution in [3.8, 4) is 0 Å². The fraction of sp³-hybridized carbons (Fsp3) is 0.267. The van der Waals surface area contributed by atoms with Crippen molar-refractivity contribution < 1.29 is 0 Å². The van der Waals surface area contributed by atoms with Gasteiger partial charge in [0.05, 0.1) is 0 Å². The van der Waals surface area contributed by atoms with Crippen LogP contribution in [0.15, 0.2) is 47.1 Å². The highest BCUT2D eigenvalue weighted by atomic mass is 79.9. The van der Waals surface area contributed by atoms with E-state index in [9.17, 15) is 0 Å². The summed E-state index contributed by atoms with van der Waals surface area (Å²) in [6.07, 6.45) is 2.85. The summed E-state index contributed by atoms with van der Waals surface area (Å²) in [5, 5.41) is 3.37. The van der Waals surface area contributed by atoms with Crippen molar-refractivity contribution in [2.24, 2.45) is 0 Å². The molecular weight excluding hydrogens is 288 g/mol. The molecule has 3 heteroatoms. The lowest BCUT2D eigenvalue weighted by molar-refractivity contribution is 0.591. The van der Waals surface area contributed by atoms with Gasteiger partial charge in [-0.05, 0) is 55.8 Å². The summed E-state index contributed by atoms with van der Waals surface area (Å²) in [4.78, 5) is 4.24. The number of pyridine rings is 1. The van der Waals surface area contributed by atoms with E-state index in [1.54, 1.807) is 0 Å². The fourth-order valence-electron chi connectivity index (χ4n) is 2.03. The Balaban J connectivity index is 2.17. The highest BCUT2D eigenvalue weighted by molar-refractivity contribution is 9.10. The number of rotatable bonds is 4. The Bertz CT molecular complexity index is 508. The van der Waals surface area contributed by atoms with Crippen molar-refractivity contribution in [1.29, 1.82) is 0 Å². The van der Waals surface area contributed by atoms with Crippen molar-refractivity contribution in [2.45, 2.75) is 19.4 Å². The van der Waals surface area contributed by atoms with Gasteiger partial charge in [-0.15, -0.1) is 0 Å². The molecule has 1 aromatic carbocycles. The van der Waals surface area contributed by atoms with Gasteiger partial charge in [-0.25, -0.2) is 0 Å². The van der Waals surface area contributed by atoms with Crippen molar-refractivity contribution in [3.05, 3.63) is 63.9 Å². The van der Waals surface area contributed by atoms with Crippen LogP contribution in [0.3, 0.4) is 0 Å². The van der Waals surface area contributed by atoms with Crippen LogP contribution in [0.5, 0.6) is 0 Å². The largest absolute Gasteiger partial charge is 0.313 e. The molecule has 0 amide bonds. The molecule has 0 aliphatic carbocycles. The van der Waals surface area contributed by atoms with Crippen LogP contribution in [0.2, 0.25) is 0 Å². The van der Waals surface area contributed by atoms with E-state index in [4.69, 9.17) is 0 Å². The number of nitrogens with one attached hydrogen (secondary N) is 1. The van der Waals surface area contributed by atoms with Crippen LogP contribution in [0.4, 0.5) is 0 Å². The van der Waals surface area contributed by atoms with Crippen LogP contribution in [0.1, 0.15) is 22.9 Å². The van der Waals surface area contributed by atoms with Gasteiger partial charge in [-0.3, -0.25) is 4.98 Å². The van der Waals surface area contributed by atoms with Crippen LogP contribution >= 0.6 is 15.9 Å². The number of aromatic nitrogens is 1. The Labute approximate surface area is 117 Å². The van der Waals surface area contributed by atoms with E-state index in [1.807, 2.05) is 20.2 Å². The molecule has 2 aromatic rings. The molecule has 2 rings (SSSR count). The molecule has 1 atom stereocenters. The lowest BCUT2D eigenvalue weighted by atomic mass is 9.99. The quantitative estimate of drug-likeness (QED) is 0.932. The van der Waals surface area contributed by atoms with Crippen LogP contribution < -0.4 is 5.32 Å². The molecule has 2 nitrogen and oxygen atoms in total. The van der Waals surface area contributed by atoms with E-state index in [0.29, 0.717) is 6.04 Å². The van der Waals surface area contributed by atoms with Crippen molar-refractivity contribution in [2.75, 3.05) is 7.05 Å². The topological polar surface area (TPSA) is 24.9 Å². The summed E-state index contributed by atoms with van der Waals surface area (Å²) in [6.45, 7) is 2.02. The maximum Gasteiger partial charge on any atom is 0.0375 e. The average molecular weight is 305 g/mol. The Kier molecular flexibility index (Phi) is 4.50. The minimum atomic E-state index is 0.327. The molecule has 18 heavy (non-hydrogen) atoms. The first-order chi connectivity index (χ1) is 8.69. The van der Waals surface area contributed by atoms with Gasteiger partial charge in [0.15, 0.2) is 0 Å². The number of nitrogens with zero attached hydrogens (tertiary/aromatic N) is 1. The third-order valence-corrected chi connectivity index (χ3v) is 3.55. The van der Waals surface area contributed by atoms with Crippen LogP contribution in [0.25, 0.3) is 0 Å². The van der Waals surface area contributed by atoms with Gasteiger partial charge in [0.2, 0.25) is 0 Å². The molecule has 0 aliphatic heterocycles. The highest BCUT2D eigenvalue weighted by Gasteiger charge is 2.10. The Hall–Kier alpha value is -1.19. The van der Waals surface area contributed by atoms with Crippen LogP contribution in [-0.2, 0) is 6.42 Å². The van der Waals surface area contributed by atoms with Gasteiger partial charge in [-0.1, -0.05) is 28.1 Å². The zero-order valence-corrected chi connectivity index (χ0v) is 12.2. The Morgan fingerprint density at radius 1 is 1.22 bits per heavy atom. The second-order valence-electron chi connectivity index (χ2n) is 4.40. The van der Waals surface area contributed by atoms with Gasteiger partial charge in [-0.2, -0.15) is 0 Å². The van der Waals surface area contributed by atoms with E-state index in [-0.39, 0.29) is 0 Å². The molecule has 0 radical (unpaired) electrons. The van der Waals surface area contributed by atoms with E-state index in [0.717, 1.165) is 16.6 Å². The van der Waals surface area contributed by atoms with Gasteiger partial charge < -0.3 is 5.32 Å². The monoisotopic (exact) mass is 304 g/mol. The maximum absolute atomic E-state index is 4.24. The van der Waals surface area contributed by atoms with E-state index < -0.39 is 0 Å². The smallest absolute Gasteiger partial charge is 0.0375 e. The third-order valence-electron chi connectivity index (χ3n) is 3.02. The van der Waals surface area contributed by atoms with Crippen molar-refractivity contribution in [1.82, 2.24) is 10.3 Å². The maximum atomic E-state index is 4.24. The molecule has 1 aromatic heterocycles. The molecule has 0 saturated carbocycles. The molecule has 94 valence electrons. The van der Waals surface area contributed by atoms with Gasteiger partial charge >= 0.3 is 0 Å². The Morgan fingerprint density at radius 3 is 2.56 bits per heavy atom. The molecule has 1 unspecified atom stereocenters. The predicted octanol–water partition coefficient (Wildman–Crippen LogP) is 3.66. The summed E-state index contributed by atoms with van der Waals surface area (Å²) < 4.78 is 1.12. The second-order valence-corrected chi connectivity index (χ2v) is 5.32. The minimum absolute atomic E-state index is 0.327. The lowest BCUT2D eigenvalue weighted by Gasteiger charge is -2.17. The van der Waals surface area contributed by atoms with Crippen molar-refractivity contribution in [3.63, 3.8) is 0 Å². The van der Waals surface area contributed by atoms with Crippen LogP contribution in [-0.4, -0.2) is 12.0 Å². The number of benzene rings is 1. The number of hydrogen-bond acceptors (Lipinski definition) is 2. The zero-order valence-electron chi connectivity index (χ0n) is 10.7. The van der Waals surface area contributed by atoms with E-state index in [1.165, 1.54) is 11.1 Å². The average Bonchev–Trinajstić information content (AvgIpc) is 2.38. The molecule has 0 bridgehead atoms. The molecule has 1 heterocycles. The van der Waals surface area contributed by atoms with E-state index in [2.05, 4.69) is 62.6 Å². The summed E-state index contributed by atoms with van der Waals surface area (Å²) in [6, 6.07) is 13.0. The second kappa shape index (κ2) is 6.12. The normalized spacial score (nSPS) is 12.4. The fourth-order valence-corrected chi connectivity index (χ4v) is 2.29. The zero-order chi connectivity index (χ0) is 13.0. The van der Waals surface area contributed by atoms with Crippen molar-refractivity contribution >= 4 is 15.9 Å². The number of hydrogen-bond donors (Lipinski definition) is 1. The first-order valence-electron chi connectivity index (χ1n) is 6.03. The summed E-state index contributed by atoms with van der Waals surface area (Å²) in [5.74, 6) is 0. The van der Waals surface area contributed by atoms with Crippen LogP contribution in [0, 0.1) is 6.92 Å². The molecule has 0 fully saturated rings. The number of aryl methyl sites for hydroxylation is 1. The number of likely N-dealkylation sites (N-methyl/N-ethyl adjacent to an activating group) is 1. The third kappa shape index (κ3) is 3.40. The van der Waals surface area contributed by atoms with Gasteiger partial charge in [0.1, 0.15) is 0 Å². The minimum Gasteiger partial charge on any atom is -0.313 e. The predicted molar refractivity (Wildman–Crippen MR) is 78.6 cm³/mol. The first kappa shape index (κ1) is 13.2.